The fourth-order valence-corrected chi connectivity index (χ4v) is 3.09. The number of nitrogens with one attached hydrogen (secondary N) is 2. The summed E-state index contributed by atoms with van der Waals surface area (Å²) in [6.45, 7) is 7.65. The summed E-state index contributed by atoms with van der Waals surface area (Å²) in [5, 5.41) is 3.26. The van der Waals surface area contributed by atoms with Crippen molar-refractivity contribution in [3.05, 3.63) is 23.5 Å². The normalized spacial score (nSPS) is 11.6. The van der Waals surface area contributed by atoms with Gasteiger partial charge in [0.15, 0.2) is 0 Å². The van der Waals surface area contributed by atoms with Crippen LogP contribution in [0.3, 0.4) is 0 Å². The smallest absolute Gasteiger partial charge is 0.232 e. The van der Waals surface area contributed by atoms with E-state index in [2.05, 4.69) is 21.9 Å². The van der Waals surface area contributed by atoms with Gasteiger partial charge in [0.05, 0.1) is 17.1 Å². The molecule has 1 aromatic rings. The highest BCUT2D eigenvalue weighted by molar-refractivity contribution is 7.92. The van der Waals surface area contributed by atoms with Gasteiger partial charge in [-0.25, -0.2) is 8.42 Å². The number of pyridine rings is 1. The van der Waals surface area contributed by atoms with E-state index >= 15 is 0 Å². The molecule has 0 fully saturated rings. The van der Waals surface area contributed by atoms with Gasteiger partial charge in [-0.1, -0.05) is 6.92 Å². The monoisotopic (exact) mass is 299 g/mol. The second-order valence-corrected chi connectivity index (χ2v) is 6.81. The van der Waals surface area contributed by atoms with Gasteiger partial charge in [0, 0.05) is 5.69 Å². The molecule has 5 nitrogen and oxygen atoms in total. The number of rotatable bonds is 9. The van der Waals surface area contributed by atoms with Crippen molar-refractivity contribution in [1.29, 1.82) is 0 Å². The van der Waals surface area contributed by atoms with Gasteiger partial charge in [-0.05, 0) is 58.3 Å². The first-order valence-electron chi connectivity index (χ1n) is 7.10. The Labute approximate surface area is 122 Å². The lowest BCUT2D eigenvalue weighted by Crippen LogP contribution is -2.20. The summed E-state index contributed by atoms with van der Waals surface area (Å²) in [7, 11) is -3.28. The average molecular weight is 299 g/mol. The second kappa shape index (κ2) is 8.21. The van der Waals surface area contributed by atoms with Crippen LogP contribution in [0.2, 0.25) is 0 Å². The van der Waals surface area contributed by atoms with E-state index < -0.39 is 10.0 Å². The zero-order valence-electron chi connectivity index (χ0n) is 12.6. The zero-order chi connectivity index (χ0) is 15.0. The van der Waals surface area contributed by atoms with Crippen LogP contribution in [-0.2, 0) is 10.0 Å². The maximum absolute atomic E-state index is 12.0. The van der Waals surface area contributed by atoms with E-state index in [0.29, 0.717) is 17.8 Å². The Balaban J connectivity index is 2.41. The minimum atomic E-state index is -3.28. The molecule has 0 unspecified atom stereocenters. The lowest BCUT2D eigenvalue weighted by Gasteiger charge is -2.10. The van der Waals surface area contributed by atoms with Crippen molar-refractivity contribution in [3.63, 3.8) is 0 Å². The van der Waals surface area contributed by atoms with Crippen molar-refractivity contribution >= 4 is 15.7 Å². The second-order valence-electron chi connectivity index (χ2n) is 4.96. The fourth-order valence-electron chi connectivity index (χ4n) is 1.86. The molecule has 0 aromatic carbocycles. The van der Waals surface area contributed by atoms with Crippen LogP contribution in [0.25, 0.3) is 0 Å². The lowest BCUT2D eigenvalue weighted by atomic mass is 10.3. The average Bonchev–Trinajstić information content (AvgIpc) is 2.37. The molecule has 0 saturated carbocycles. The van der Waals surface area contributed by atoms with Crippen LogP contribution in [0.15, 0.2) is 12.1 Å². The summed E-state index contributed by atoms with van der Waals surface area (Å²) < 4.78 is 26.5. The van der Waals surface area contributed by atoms with Gasteiger partial charge in [-0.3, -0.25) is 9.71 Å². The Bertz CT molecular complexity index is 515. The number of hydrogen-bond acceptors (Lipinski definition) is 4. The van der Waals surface area contributed by atoms with Gasteiger partial charge in [-0.15, -0.1) is 0 Å². The molecule has 114 valence electrons. The van der Waals surface area contributed by atoms with E-state index in [9.17, 15) is 8.42 Å². The van der Waals surface area contributed by atoms with Crippen molar-refractivity contribution in [2.75, 3.05) is 23.6 Å². The van der Waals surface area contributed by atoms with Gasteiger partial charge in [0.25, 0.3) is 0 Å². The summed E-state index contributed by atoms with van der Waals surface area (Å²) in [6.07, 6.45) is 2.62. The molecule has 0 spiro atoms. The molecule has 1 aromatic heterocycles. The van der Waals surface area contributed by atoms with Crippen molar-refractivity contribution in [2.45, 2.75) is 40.0 Å². The third-order valence-electron chi connectivity index (χ3n) is 2.93. The molecule has 0 amide bonds. The summed E-state index contributed by atoms with van der Waals surface area (Å²) in [6, 6.07) is 3.57. The first kappa shape index (κ1) is 16.9. The van der Waals surface area contributed by atoms with E-state index in [4.69, 9.17) is 0 Å². The zero-order valence-corrected chi connectivity index (χ0v) is 13.4. The molecule has 2 N–H and O–H groups in total. The number of aromatic nitrogens is 1. The summed E-state index contributed by atoms with van der Waals surface area (Å²) in [5.74, 6) is 0.147. The Hall–Kier alpha value is -1.14. The first-order chi connectivity index (χ1) is 9.44. The minimum Gasteiger partial charge on any atom is -0.317 e. The van der Waals surface area contributed by atoms with E-state index in [0.717, 1.165) is 31.6 Å². The van der Waals surface area contributed by atoms with Gasteiger partial charge in [-0.2, -0.15) is 0 Å². The summed E-state index contributed by atoms with van der Waals surface area (Å²) in [5.41, 5.74) is 2.16. The number of unbranched alkanes of at least 4 members (excludes halogenated alkanes) is 1. The van der Waals surface area contributed by atoms with Crippen LogP contribution < -0.4 is 10.0 Å². The number of sulfonamides is 1. The topological polar surface area (TPSA) is 71.1 Å². The maximum atomic E-state index is 12.0. The van der Waals surface area contributed by atoms with E-state index in [1.54, 1.807) is 19.1 Å². The van der Waals surface area contributed by atoms with Crippen molar-refractivity contribution < 1.29 is 8.42 Å². The predicted molar refractivity (Wildman–Crippen MR) is 83.5 cm³/mol. The summed E-state index contributed by atoms with van der Waals surface area (Å²) in [4.78, 5) is 4.25. The quantitative estimate of drug-likeness (QED) is 0.686. The van der Waals surface area contributed by atoms with E-state index in [1.165, 1.54) is 0 Å². The van der Waals surface area contributed by atoms with Crippen LogP contribution in [0, 0.1) is 13.8 Å². The van der Waals surface area contributed by atoms with Crippen molar-refractivity contribution in [2.24, 2.45) is 0 Å². The lowest BCUT2D eigenvalue weighted by molar-refractivity contribution is 0.590. The molecule has 1 rings (SSSR count). The first-order valence-corrected chi connectivity index (χ1v) is 8.75. The Morgan fingerprint density at radius 2 is 1.90 bits per heavy atom. The number of nitrogens with zero attached hydrogens (tertiary/aromatic N) is 1. The Morgan fingerprint density at radius 3 is 2.55 bits per heavy atom. The van der Waals surface area contributed by atoms with Crippen LogP contribution in [0.5, 0.6) is 0 Å². The highest BCUT2D eigenvalue weighted by Gasteiger charge is 2.11. The molecule has 0 radical (unpaired) electrons. The molecule has 1 heterocycles. The largest absolute Gasteiger partial charge is 0.317 e. The molecule has 0 saturated heterocycles. The highest BCUT2D eigenvalue weighted by atomic mass is 32.2. The molecule has 0 aliphatic carbocycles. The van der Waals surface area contributed by atoms with Crippen molar-refractivity contribution in [1.82, 2.24) is 10.3 Å². The number of anilines is 1. The van der Waals surface area contributed by atoms with Gasteiger partial charge in [0.1, 0.15) is 0 Å². The molecule has 0 aliphatic heterocycles. The Kier molecular flexibility index (Phi) is 6.95. The molecule has 0 aliphatic rings. The molecule has 20 heavy (non-hydrogen) atoms. The third kappa shape index (κ3) is 6.34. The van der Waals surface area contributed by atoms with Crippen LogP contribution >= 0.6 is 0 Å². The molecule has 0 bridgehead atoms. The van der Waals surface area contributed by atoms with Gasteiger partial charge < -0.3 is 5.32 Å². The SMILES string of the molecule is CCCNCCCCS(=O)(=O)Nc1ccc(C)nc1C. The summed E-state index contributed by atoms with van der Waals surface area (Å²) >= 11 is 0. The Morgan fingerprint density at radius 1 is 1.15 bits per heavy atom. The molecular formula is C14H25N3O2S. The van der Waals surface area contributed by atoms with Crippen LogP contribution in [0.4, 0.5) is 5.69 Å². The third-order valence-corrected chi connectivity index (χ3v) is 4.29. The van der Waals surface area contributed by atoms with E-state index in [-0.39, 0.29) is 5.75 Å². The fraction of sp³-hybridized carbons (Fsp3) is 0.643. The van der Waals surface area contributed by atoms with Crippen LogP contribution in [0.1, 0.15) is 37.6 Å². The number of hydrogen-bond donors (Lipinski definition) is 2. The van der Waals surface area contributed by atoms with Crippen molar-refractivity contribution in [3.8, 4) is 0 Å². The van der Waals surface area contributed by atoms with Gasteiger partial charge >= 0.3 is 0 Å². The highest BCUT2D eigenvalue weighted by Crippen LogP contribution is 2.14. The standard InChI is InChI=1S/C14H25N3O2S/c1-4-9-15-10-5-6-11-20(18,19)17-14-8-7-12(2)16-13(14)3/h7-8,15,17H,4-6,9-11H2,1-3H3. The minimum absolute atomic E-state index is 0.147. The van der Waals surface area contributed by atoms with E-state index in [1.807, 2.05) is 6.92 Å². The molecule has 0 atom stereocenters. The molecule has 6 heteroatoms. The predicted octanol–water partition coefficient (Wildman–Crippen LogP) is 2.22. The maximum Gasteiger partial charge on any atom is 0.232 e. The van der Waals surface area contributed by atoms with Crippen LogP contribution in [-0.4, -0.2) is 32.2 Å². The van der Waals surface area contributed by atoms with Gasteiger partial charge in [0.2, 0.25) is 10.0 Å². The molecular weight excluding hydrogens is 274 g/mol. The number of aryl methyl sites for hydroxylation is 2.